The summed E-state index contributed by atoms with van der Waals surface area (Å²) >= 11 is 0. The van der Waals surface area contributed by atoms with Gasteiger partial charge in [0.15, 0.2) is 0 Å². The molecule has 222 valence electrons. The number of H-pyrrole nitrogens is 1. The molecule has 0 fully saturated rings. The molecule has 41 heavy (non-hydrogen) atoms. The van der Waals surface area contributed by atoms with E-state index in [0.29, 0.717) is 0 Å². The number of aromatic amines is 1. The number of fused-ring (bicyclic) bond motifs is 1. The van der Waals surface area contributed by atoms with Crippen LogP contribution in [0.1, 0.15) is 37.7 Å². The van der Waals surface area contributed by atoms with Crippen LogP contribution < -0.4 is 27.4 Å². The summed E-state index contributed by atoms with van der Waals surface area (Å²) in [5, 5.41) is 34.7. The lowest BCUT2D eigenvalue weighted by molar-refractivity contribution is -0.147. The lowest BCUT2D eigenvalue weighted by Crippen LogP contribution is -2.57. The first-order valence-electron chi connectivity index (χ1n) is 12.4. The monoisotopic (exact) mass is 576 g/mol. The van der Waals surface area contributed by atoms with Gasteiger partial charge in [-0.15, -0.1) is 0 Å². The fraction of sp³-hybridized carbons (Fsp3) is 0.400. The number of para-hydroxylation sites is 1. The molecule has 0 saturated heterocycles. The van der Waals surface area contributed by atoms with Crippen molar-refractivity contribution in [1.29, 1.82) is 0 Å². The van der Waals surface area contributed by atoms with Crippen molar-refractivity contribution >= 4 is 52.4 Å². The number of hydrogen-bond donors (Lipinski definition) is 9. The molecule has 1 aromatic carbocycles. The highest BCUT2D eigenvalue weighted by atomic mass is 16.4. The maximum atomic E-state index is 13.1. The Bertz CT molecular complexity index is 1310. The van der Waals surface area contributed by atoms with E-state index in [9.17, 15) is 38.7 Å². The summed E-state index contributed by atoms with van der Waals surface area (Å²) in [5.74, 6) is -8.24. The summed E-state index contributed by atoms with van der Waals surface area (Å²) in [4.78, 5) is 86.6. The van der Waals surface area contributed by atoms with Crippen molar-refractivity contribution in [2.45, 2.75) is 62.7 Å². The minimum absolute atomic E-state index is 0.0763. The van der Waals surface area contributed by atoms with Crippen molar-refractivity contribution in [3.05, 3.63) is 36.0 Å². The maximum Gasteiger partial charge on any atom is 0.326 e. The number of rotatable bonds is 17. The number of carboxylic acid groups (broad SMARTS) is 3. The maximum absolute atomic E-state index is 13.1. The highest BCUT2D eigenvalue weighted by Gasteiger charge is 2.31. The average molecular weight is 577 g/mol. The van der Waals surface area contributed by atoms with E-state index in [-0.39, 0.29) is 6.42 Å². The zero-order chi connectivity index (χ0) is 30.7. The van der Waals surface area contributed by atoms with Gasteiger partial charge in [-0.1, -0.05) is 18.2 Å². The van der Waals surface area contributed by atoms with Gasteiger partial charge in [0.2, 0.25) is 23.6 Å². The van der Waals surface area contributed by atoms with E-state index in [4.69, 9.17) is 21.7 Å². The third-order valence-electron chi connectivity index (χ3n) is 6.04. The molecule has 0 aliphatic rings. The molecule has 0 spiro atoms. The molecule has 4 unspecified atom stereocenters. The largest absolute Gasteiger partial charge is 0.481 e. The summed E-state index contributed by atoms with van der Waals surface area (Å²) in [6.45, 7) is 0. The number of carbonyl (C=O) groups is 7. The highest BCUT2D eigenvalue weighted by Crippen LogP contribution is 2.19. The van der Waals surface area contributed by atoms with E-state index in [1.807, 2.05) is 29.6 Å². The van der Waals surface area contributed by atoms with Gasteiger partial charge in [0, 0.05) is 29.9 Å². The van der Waals surface area contributed by atoms with Crippen LogP contribution in [0.25, 0.3) is 10.9 Å². The second kappa shape index (κ2) is 15.0. The van der Waals surface area contributed by atoms with Gasteiger partial charge in [-0.2, -0.15) is 0 Å². The van der Waals surface area contributed by atoms with Crippen LogP contribution in [0.4, 0.5) is 0 Å². The molecule has 0 aliphatic heterocycles. The topological polar surface area (TPSA) is 284 Å². The van der Waals surface area contributed by atoms with Gasteiger partial charge in [-0.3, -0.25) is 28.8 Å². The van der Waals surface area contributed by atoms with E-state index in [0.717, 1.165) is 16.5 Å². The van der Waals surface area contributed by atoms with Crippen LogP contribution in [0, 0.1) is 0 Å². The zero-order valence-corrected chi connectivity index (χ0v) is 21.8. The Balaban J connectivity index is 2.18. The Morgan fingerprint density at radius 2 is 1.34 bits per heavy atom. The number of aromatic nitrogens is 1. The summed E-state index contributed by atoms with van der Waals surface area (Å²) in [5.41, 5.74) is 12.7. The van der Waals surface area contributed by atoms with Crippen LogP contribution in [0.3, 0.4) is 0 Å². The van der Waals surface area contributed by atoms with Crippen molar-refractivity contribution in [2.75, 3.05) is 0 Å². The Morgan fingerprint density at radius 3 is 1.90 bits per heavy atom. The normalized spacial score (nSPS) is 13.8. The molecule has 0 saturated carbocycles. The SMILES string of the molecule is NC(=O)CCC(NC(=O)C(CCC(=O)O)NC(=O)C(N)Cc1c[nH]c2ccccc12)C(=O)NC(CC(=O)O)C(=O)O. The first-order valence-corrected chi connectivity index (χ1v) is 12.4. The number of amides is 4. The molecule has 4 amide bonds. The molecule has 0 aliphatic carbocycles. The summed E-state index contributed by atoms with van der Waals surface area (Å²) in [6.07, 6.45) is -0.969. The molecular formula is C25H32N6O10. The number of hydrogen-bond acceptors (Lipinski definition) is 8. The molecule has 4 atom stereocenters. The number of benzene rings is 1. The first-order chi connectivity index (χ1) is 19.3. The van der Waals surface area contributed by atoms with Gasteiger partial charge in [-0.25, -0.2) is 4.79 Å². The average Bonchev–Trinajstić information content (AvgIpc) is 3.30. The molecule has 11 N–H and O–H groups in total. The summed E-state index contributed by atoms with van der Waals surface area (Å²) in [7, 11) is 0. The molecule has 2 aromatic rings. The smallest absolute Gasteiger partial charge is 0.326 e. The van der Waals surface area contributed by atoms with Crippen LogP contribution in [0.15, 0.2) is 30.5 Å². The zero-order valence-electron chi connectivity index (χ0n) is 21.8. The van der Waals surface area contributed by atoms with E-state index < -0.39 is 97.8 Å². The third kappa shape index (κ3) is 10.2. The highest BCUT2D eigenvalue weighted by molar-refractivity contribution is 5.95. The number of carboxylic acids is 3. The quantitative estimate of drug-likeness (QED) is 0.101. The number of nitrogens with two attached hydrogens (primary N) is 2. The molecule has 16 nitrogen and oxygen atoms in total. The summed E-state index contributed by atoms with van der Waals surface area (Å²) in [6, 6.07) is 1.25. The van der Waals surface area contributed by atoms with E-state index in [1.54, 1.807) is 6.20 Å². The predicted molar refractivity (Wildman–Crippen MR) is 141 cm³/mol. The fourth-order valence-corrected chi connectivity index (χ4v) is 3.92. The van der Waals surface area contributed by atoms with Crippen molar-refractivity contribution in [1.82, 2.24) is 20.9 Å². The Morgan fingerprint density at radius 1 is 0.780 bits per heavy atom. The van der Waals surface area contributed by atoms with Crippen LogP contribution in [0.5, 0.6) is 0 Å². The van der Waals surface area contributed by atoms with Crippen molar-refractivity contribution < 1.29 is 48.9 Å². The third-order valence-corrected chi connectivity index (χ3v) is 6.04. The fourth-order valence-electron chi connectivity index (χ4n) is 3.92. The lowest BCUT2D eigenvalue weighted by atomic mass is 10.0. The number of carbonyl (C=O) groups excluding carboxylic acids is 4. The van der Waals surface area contributed by atoms with E-state index in [1.165, 1.54) is 0 Å². The number of aliphatic carboxylic acids is 3. The molecule has 1 aromatic heterocycles. The van der Waals surface area contributed by atoms with Gasteiger partial charge in [0.05, 0.1) is 12.5 Å². The molecule has 2 rings (SSSR count). The molecule has 16 heteroatoms. The Kier molecular flexibility index (Phi) is 11.8. The van der Waals surface area contributed by atoms with Crippen molar-refractivity contribution in [3.63, 3.8) is 0 Å². The first kappa shape index (κ1) is 32.2. The van der Waals surface area contributed by atoms with Crippen LogP contribution in [-0.4, -0.2) is 86.0 Å². The van der Waals surface area contributed by atoms with Gasteiger partial charge in [0.25, 0.3) is 0 Å². The van der Waals surface area contributed by atoms with Gasteiger partial charge in [-0.05, 0) is 30.9 Å². The van der Waals surface area contributed by atoms with Gasteiger partial charge >= 0.3 is 17.9 Å². The van der Waals surface area contributed by atoms with Gasteiger partial charge < -0.3 is 47.7 Å². The second-order valence-electron chi connectivity index (χ2n) is 9.23. The standard InChI is InChI=1S/C25H32N6O10/c26-14(9-12-11-28-15-4-2-1-3-13(12)15)22(37)29-17(6-8-20(33)34)23(38)30-16(5-7-19(27)32)24(39)31-18(25(40)41)10-21(35)36/h1-4,11,14,16-18,28H,5-10,26H2,(H2,27,32)(H,29,37)(H,30,38)(H,31,39)(H,33,34)(H,35,36)(H,40,41). The Labute approximate surface area is 232 Å². The minimum atomic E-state index is -1.85. The van der Waals surface area contributed by atoms with Crippen molar-refractivity contribution in [2.24, 2.45) is 11.5 Å². The summed E-state index contributed by atoms with van der Waals surface area (Å²) < 4.78 is 0. The minimum Gasteiger partial charge on any atom is -0.481 e. The molecule has 0 bridgehead atoms. The van der Waals surface area contributed by atoms with Crippen LogP contribution >= 0.6 is 0 Å². The molecule has 1 heterocycles. The Hall–Kier alpha value is -4.99. The predicted octanol–water partition coefficient (Wildman–Crippen LogP) is -1.82. The van der Waals surface area contributed by atoms with E-state index in [2.05, 4.69) is 15.6 Å². The van der Waals surface area contributed by atoms with E-state index >= 15 is 0 Å². The second-order valence-corrected chi connectivity index (χ2v) is 9.23. The van der Waals surface area contributed by atoms with Crippen LogP contribution in [0.2, 0.25) is 0 Å². The van der Waals surface area contributed by atoms with Crippen LogP contribution in [-0.2, 0) is 40.0 Å². The van der Waals surface area contributed by atoms with Crippen molar-refractivity contribution in [3.8, 4) is 0 Å². The lowest BCUT2D eigenvalue weighted by Gasteiger charge is -2.24. The number of primary amides is 1. The van der Waals surface area contributed by atoms with Gasteiger partial charge in [0.1, 0.15) is 18.1 Å². The molecular weight excluding hydrogens is 544 g/mol. The number of nitrogens with one attached hydrogen (secondary N) is 4. The molecule has 0 radical (unpaired) electrons.